The molecule has 0 saturated heterocycles. The molecule has 0 aromatic heterocycles. The minimum Gasteiger partial charge on any atom is -0.481 e. The second kappa shape index (κ2) is 6.09. The maximum Gasteiger partial charge on any atom is 0.306 e. The Bertz CT molecular complexity index is 535. The van der Waals surface area contributed by atoms with Gasteiger partial charge in [-0.25, -0.2) is 0 Å². The Hall–Kier alpha value is -1.82. The zero-order chi connectivity index (χ0) is 14.7. The molecule has 1 aromatic carbocycles. The summed E-state index contributed by atoms with van der Waals surface area (Å²) in [5.41, 5.74) is 0.297. The van der Waals surface area contributed by atoms with E-state index >= 15 is 0 Å². The van der Waals surface area contributed by atoms with Crippen molar-refractivity contribution in [3.05, 3.63) is 33.3 Å². The SMILES string of the molecule is O=C(O)C1CCCC(Nc2ccc(Cl)cc2[N+](=O)[O-])C1. The predicted molar refractivity (Wildman–Crippen MR) is 75.1 cm³/mol. The summed E-state index contributed by atoms with van der Waals surface area (Å²) in [5, 5.41) is 23.4. The molecule has 2 N–H and O–H groups in total. The second-order valence-electron chi connectivity index (χ2n) is 4.96. The number of benzene rings is 1. The Morgan fingerprint density at radius 2 is 2.20 bits per heavy atom. The number of anilines is 1. The summed E-state index contributed by atoms with van der Waals surface area (Å²) in [6.45, 7) is 0. The van der Waals surface area contributed by atoms with Gasteiger partial charge in [-0.05, 0) is 31.4 Å². The van der Waals surface area contributed by atoms with Gasteiger partial charge in [-0.3, -0.25) is 14.9 Å². The summed E-state index contributed by atoms with van der Waals surface area (Å²) < 4.78 is 0. The molecule has 6 nitrogen and oxygen atoms in total. The van der Waals surface area contributed by atoms with Crippen molar-refractivity contribution in [2.45, 2.75) is 31.7 Å². The molecule has 108 valence electrons. The third-order valence-electron chi connectivity index (χ3n) is 3.54. The number of hydrogen-bond donors (Lipinski definition) is 2. The van der Waals surface area contributed by atoms with E-state index in [1.807, 2.05) is 0 Å². The lowest BCUT2D eigenvalue weighted by Gasteiger charge is -2.28. The number of carboxylic acid groups (broad SMARTS) is 1. The molecule has 2 unspecified atom stereocenters. The van der Waals surface area contributed by atoms with E-state index in [1.54, 1.807) is 12.1 Å². The minimum atomic E-state index is -0.804. The van der Waals surface area contributed by atoms with Crippen LogP contribution in [0.2, 0.25) is 5.02 Å². The number of carbonyl (C=O) groups is 1. The summed E-state index contributed by atoms with van der Waals surface area (Å²) in [5.74, 6) is -1.19. The average molecular weight is 299 g/mol. The molecule has 2 atom stereocenters. The maximum atomic E-state index is 11.0. The molecule has 20 heavy (non-hydrogen) atoms. The van der Waals surface area contributed by atoms with Crippen LogP contribution in [0, 0.1) is 16.0 Å². The van der Waals surface area contributed by atoms with Crippen molar-refractivity contribution >= 4 is 28.9 Å². The fourth-order valence-electron chi connectivity index (χ4n) is 2.54. The van der Waals surface area contributed by atoms with Gasteiger partial charge in [0.15, 0.2) is 0 Å². The molecule has 1 aliphatic carbocycles. The first-order valence-corrected chi connectivity index (χ1v) is 6.78. The van der Waals surface area contributed by atoms with Crippen LogP contribution >= 0.6 is 11.6 Å². The van der Waals surface area contributed by atoms with Gasteiger partial charge >= 0.3 is 5.97 Å². The summed E-state index contributed by atoms with van der Waals surface area (Å²) in [4.78, 5) is 21.5. The molecular weight excluding hydrogens is 284 g/mol. The van der Waals surface area contributed by atoms with E-state index in [0.717, 1.165) is 12.8 Å². The summed E-state index contributed by atoms with van der Waals surface area (Å²) in [6, 6.07) is 4.37. The molecule has 2 rings (SSSR count). The lowest BCUT2D eigenvalue weighted by atomic mass is 9.85. The fraction of sp³-hybridized carbons (Fsp3) is 0.462. The van der Waals surface area contributed by atoms with Crippen molar-refractivity contribution in [1.29, 1.82) is 0 Å². The van der Waals surface area contributed by atoms with Gasteiger partial charge in [0.1, 0.15) is 5.69 Å². The number of carboxylic acids is 1. The van der Waals surface area contributed by atoms with Crippen LogP contribution in [0.1, 0.15) is 25.7 Å². The minimum absolute atomic E-state index is 0.0651. The highest BCUT2D eigenvalue weighted by Gasteiger charge is 2.28. The van der Waals surface area contributed by atoms with Crippen LogP contribution in [0.15, 0.2) is 18.2 Å². The number of halogens is 1. The number of nitrogens with one attached hydrogen (secondary N) is 1. The van der Waals surface area contributed by atoms with Crippen LogP contribution in [-0.2, 0) is 4.79 Å². The van der Waals surface area contributed by atoms with Crippen LogP contribution in [0.3, 0.4) is 0 Å². The number of nitrogens with zero attached hydrogens (tertiary/aromatic N) is 1. The quantitative estimate of drug-likeness (QED) is 0.657. The summed E-state index contributed by atoms with van der Waals surface area (Å²) in [6.07, 6.45) is 2.75. The topological polar surface area (TPSA) is 92.5 Å². The Morgan fingerprint density at radius 3 is 2.85 bits per heavy atom. The molecule has 0 amide bonds. The highest BCUT2D eigenvalue weighted by atomic mass is 35.5. The molecule has 1 aromatic rings. The van der Waals surface area contributed by atoms with Crippen molar-refractivity contribution in [3.63, 3.8) is 0 Å². The Labute approximate surface area is 120 Å². The fourth-order valence-corrected chi connectivity index (χ4v) is 2.71. The van der Waals surface area contributed by atoms with Crippen LogP contribution < -0.4 is 5.32 Å². The van der Waals surface area contributed by atoms with E-state index < -0.39 is 10.9 Å². The van der Waals surface area contributed by atoms with E-state index in [-0.39, 0.29) is 17.6 Å². The van der Waals surface area contributed by atoms with Crippen LogP contribution in [-0.4, -0.2) is 22.0 Å². The first kappa shape index (κ1) is 14.6. The highest BCUT2D eigenvalue weighted by molar-refractivity contribution is 6.30. The number of aliphatic carboxylic acids is 1. The van der Waals surface area contributed by atoms with Gasteiger partial charge in [-0.15, -0.1) is 0 Å². The predicted octanol–water partition coefficient (Wildman–Crippen LogP) is 3.30. The summed E-state index contributed by atoms with van der Waals surface area (Å²) in [7, 11) is 0. The van der Waals surface area contributed by atoms with E-state index in [4.69, 9.17) is 16.7 Å². The molecule has 0 aliphatic heterocycles. The molecule has 0 bridgehead atoms. The van der Waals surface area contributed by atoms with Gasteiger partial charge in [0, 0.05) is 17.1 Å². The highest BCUT2D eigenvalue weighted by Crippen LogP contribution is 2.32. The first-order chi connectivity index (χ1) is 9.47. The molecule has 1 saturated carbocycles. The van der Waals surface area contributed by atoms with Gasteiger partial charge in [-0.2, -0.15) is 0 Å². The van der Waals surface area contributed by atoms with Gasteiger partial charge in [-0.1, -0.05) is 18.0 Å². The van der Waals surface area contributed by atoms with E-state index in [9.17, 15) is 14.9 Å². The molecule has 0 heterocycles. The number of hydrogen-bond acceptors (Lipinski definition) is 4. The number of nitro groups is 1. The van der Waals surface area contributed by atoms with Crippen LogP contribution in [0.4, 0.5) is 11.4 Å². The summed E-state index contributed by atoms with van der Waals surface area (Å²) >= 11 is 5.76. The molecule has 7 heteroatoms. The second-order valence-corrected chi connectivity index (χ2v) is 5.40. The van der Waals surface area contributed by atoms with E-state index in [0.29, 0.717) is 23.6 Å². The standard InChI is InChI=1S/C13H15ClN2O4/c14-9-4-5-11(12(7-9)16(19)20)15-10-3-1-2-8(6-10)13(17)18/h4-5,7-8,10,15H,1-3,6H2,(H,17,18). The maximum absolute atomic E-state index is 11.0. The van der Waals surface area contributed by atoms with Gasteiger partial charge in [0.2, 0.25) is 0 Å². The van der Waals surface area contributed by atoms with Crippen molar-refractivity contribution in [1.82, 2.24) is 0 Å². The van der Waals surface area contributed by atoms with Crippen molar-refractivity contribution in [2.75, 3.05) is 5.32 Å². The van der Waals surface area contributed by atoms with Crippen LogP contribution in [0.25, 0.3) is 0 Å². The molecule has 1 fully saturated rings. The zero-order valence-corrected chi connectivity index (χ0v) is 11.5. The largest absolute Gasteiger partial charge is 0.481 e. The van der Waals surface area contributed by atoms with E-state index in [2.05, 4.69) is 5.32 Å². The normalized spacial score (nSPS) is 22.2. The molecular formula is C13H15ClN2O4. The van der Waals surface area contributed by atoms with Gasteiger partial charge < -0.3 is 10.4 Å². The zero-order valence-electron chi connectivity index (χ0n) is 10.7. The lowest BCUT2D eigenvalue weighted by molar-refractivity contribution is -0.384. The smallest absolute Gasteiger partial charge is 0.306 e. The van der Waals surface area contributed by atoms with Crippen LogP contribution in [0.5, 0.6) is 0 Å². The van der Waals surface area contributed by atoms with Crippen molar-refractivity contribution < 1.29 is 14.8 Å². The number of nitro benzene ring substituents is 1. The molecule has 0 radical (unpaired) electrons. The Kier molecular flexibility index (Phi) is 4.44. The lowest BCUT2D eigenvalue weighted by Crippen LogP contribution is -2.31. The van der Waals surface area contributed by atoms with Gasteiger partial charge in [0.05, 0.1) is 10.8 Å². The third kappa shape index (κ3) is 3.39. The number of rotatable bonds is 4. The monoisotopic (exact) mass is 298 g/mol. The molecule has 0 spiro atoms. The van der Waals surface area contributed by atoms with Gasteiger partial charge in [0.25, 0.3) is 5.69 Å². The van der Waals surface area contributed by atoms with Crippen molar-refractivity contribution in [2.24, 2.45) is 5.92 Å². The Morgan fingerprint density at radius 1 is 1.45 bits per heavy atom. The third-order valence-corrected chi connectivity index (χ3v) is 3.77. The molecule has 1 aliphatic rings. The van der Waals surface area contributed by atoms with E-state index in [1.165, 1.54) is 6.07 Å². The average Bonchev–Trinajstić information content (AvgIpc) is 2.41. The van der Waals surface area contributed by atoms with Crippen molar-refractivity contribution in [3.8, 4) is 0 Å². The Balaban J connectivity index is 2.13. The first-order valence-electron chi connectivity index (χ1n) is 6.40.